The number of hydrogen-bond acceptors (Lipinski definition) is 0. The lowest BCUT2D eigenvalue weighted by atomic mass is 9.88. The first kappa shape index (κ1) is 6.85. The van der Waals surface area contributed by atoms with Gasteiger partial charge in [0.2, 0.25) is 0 Å². The van der Waals surface area contributed by atoms with Crippen molar-refractivity contribution < 1.29 is 0 Å². The van der Waals surface area contributed by atoms with Gasteiger partial charge in [-0.25, -0.2) is 0 Å². The minimum atomic E-state index is 0.832. The molecule has 0 saturated heterocycles. The summed E-state index contributed by atoms with van der Waals surface area (Å²) in [5.74, 6) is 2.58. The third-order valence-electron chi connectivity index (χ3n) is 2.29. The molecule has 9 heavy (non-hydrogen) atoms. The Morgan fingerprint density at radius 1 is 1.44 bits per heavy atom. The molecular weight excluding hydrogens is 108 g/mol. The van der Waals surface area contributed by atoms with Crippen LogP contribution < -0.4 is 0 Å². The maximum Gasteiger partial charge on any atom is -0.0182 e. The van der Waals surface area contributed by atoms with E-state index in [1.807, 2.05) is 0 Å². The van der Waals surface area contributed by atoms with Crippen LogP contribution >= 0.6 is 0 Å². The SMILES string of the molecule is CC(C)C1C=CCC1C. The Hall–Kier alpha value is -0.260. The van der Waals surface area contributed by atoms with Gasteiger partial charge in [0.05, 0.1) is 0 Å². The molecule has 0 radical (unpaired) electrons. The number of rotatable bonds is 1. The molecule has 0 amide bonds. The molecule has 0 heterocycles. The summed E-state index contributed by atoms with van der Waals surface area (Å²) in [5, 5.41) is 0. The summed E-state index contributed by atoms with van der Waals surface area (Å²) in [6, 6.07) is 0. The van der Waals surface area contributed by atoms with E-state index in [1.54, 1.807) is 0 Å². The normalized spacial score (nSPS) is 34.2. The highest BCUT2D eigenvalue weighted by Gasteiger charge is 2.20. The van der Waals surface area contributed by atoms with Gasteiger partial charge in [-0.1, -0.05) is 32.9 Å². The van der Waals surface area contributed by atoms with Gasteiger partial charge in [0.15, 0.2) is 0 Å². The van der Waals surface area contributed by atoms with E-state index in [-0.39, 0.29) is 0 Å². The van der Waals surface area contributed by atoms with Gasteiger partial charge in [0, 0.05) is 0 Å². The Labute approximate surface area is 58.0 Å². The smallest absolute Gasteiger partial charge is 0.0182 e. The van der Waals surface area contributed by atoms with Crippen LogP contribution in [0.2, 0.25) is 0 Å². The molecule has 0 bridgehead atoms. The zero-order chi connectivity index (χ0) is 6.85. The standard InChI is InChI=1S/C9H16/c1-7(2)9-6-4-5-8(9)3/h4,6-9H,5H2,1-3H3. The van der Waals surface area contributed by atoms with E-state index in [9.17, 15) is 0 Å². The molecule has 1 aliphatic rings. The van der Waals surface area contributed by atoms with Crippen molar-refractivity contribution in [3.05, 3.63) is 12.2 Å². The van der Waals surface area contributed by atoms with Crippen LogP contribution in [0.3, 0.4) is 0 Å². The zero-order valence-corrected chi connectivity index (χ0v) is 6.59. The van der Waals surface area contributed by atoms with Crippen LogP contribution in [0, 0.1) is 17.8 Å². The molecule has 0 N–H and O–H groups in total. The quantitative estimate of drug-likeness (QED) is 0.471. The van der Waals surface area contributed by atoms with Gasteiger partial charge in [0.1, 0.15) is 0 Å². The fraction of sp³-hybridized carbons (Fsp3) is 0.778. The van der Waals surface area contributed by atoms with Crippen molar-refractivity contribution in [2.45, 2.75) is 27.2 Å². The Morgan fingerprint density at radius 2 is 2.11 bits per heavy atom. The molecule has 0 aliphatic heterocycles. The monoisotopic (exact) mass is 124 g/mol. The van der Waals surface area contributed by atoms with Crippen LogP contribution in [-0.2, 0) is 0 Å². The molecule has 52 valence electrons. The average Bonchev–Trinajstić information content (AvgIpc) is 2.13. The van der Waals surface area contributed by atoms with E-state index in [1.165, 1.54) is 6.42 Å². The molecule has 0 spiro atoms. The van der Waals surface area contributed by atoms with Crippen LogP contribution in [0.1, 0.15) is 27.2 Å². The van der Waals surface area contributed by atoms with Gasteiger partial charge >= 0.3 is 0 Å². The molecule has 0 aromatic heterocycles. The molecule has 2 atom stereocenters. The molecule has 0 fully saturated rings. The van der Waals surface area contributed by atoms with E-state index in [2.05, 4.69) is 32.9 Å². The summed E-state index contributed by atoms with van der Waals surface area (Å²) in [6.07, 6.45) is 5.98. The van der Waals surface area contributed by atoms with Crippen LogP contribution in [0.25, 0.3) is 0 Å². The van der Waals surface area contributed by atoms with E-state index < -0.39 is 0 Å². The van der Waals surface area contributed by atoms with Crippen LogP contribution in [-0.4, -0.2) is 0 Å². The second-order valence-corrected chi connectivity index (χ2v) is 3.46. The third-order valence-corrected chi connectivity index (χ3v) is 2.29. The van der Waals surface area contributed by atoms with Gasteiger partial charge in [-0.2, -0.15) is 0 Å². The predicted octanol–water partition coefficient (Wildman–Crippen LogP) is 2.85. The summed E-state index contributed by atoms with van der Waals surface area (Å²) in [7, 11) is 0. The van der Waals surface area contributed by atoms with Gasteiger partial charge < -0.3 is 0 Å². The minimum absolute atomic E-state index is 0.832. The molecule has 0 aromatic carbocycles. The average molecular weight is 124 g/mol. The first-order valence-electron chi connectivity index (χ1n) is 3.88. The second kappa shape index (κ2) is 2.55. The largest absolute Gasteiger partial charge is 0.0880 e. The van der Waals surface area contributed by atoms with Crippen molar-refractivity contribution in [2.75, 3.05) is 0 Å². The van der Waals surface area contributed by atoms with Crippen LogP contribution in [0.4, 0.5) is 0 Å². The van der Waals surface area contributed by atoms with E-state index >= 15 is 0 Å². The molecule has 1 aliphatic carbocycles. The molecule has 0 saturated carbocycles. The number of allylic oxidation sites excluding steroid dienone is 2. The second-order valence-electron chi connectivity index (χ2n) is 3.46. The third kappa shape index (κ3) is 1.35. The molecule has 0 nitrogen and oxygen atoms in total. The summed E-state index contributed by atoms with van der Waals surface area (Å²) in [4.78, 5) is 0. The highest BCUT2D eigenvalue weighted by molar-refractivity contribution is 5.00. The Bertz CT molecular complexity index is 111. The van der Waals surface area contributed by atoms with Crippen LogP contribution in [0.5, 0.6) is 0 Å². The van der Waals surface area contributed by atoms with Crippen molar-refractivity contribution >= 4 is 0 Å². The fourth-order valence-electron chi connectivity index (χ4n) is 1.68. The maximum absolute atomic E-state index is 2.37. The van der Waals surface area contributed by atoms with E-state index in [0.29, 0.717) is 0 Å². The van der Waals surface area contributed by atoms with Gasteiger partial charge in [0.25, 0.3) is 0 Å². The lowest BCUT2D eigenvalue weighted by molar-refractivity contribution is 0.357. The molecular formula is C9H16. The summed E-state index contributed by atoms with van der Waals surface area (Å²) in [6.45, 7) is 6.94. The Morgan fingerprint density at radius 3 is 2.33 bits per heavy atom. The first-order chi connectivity index (χ1) is 4.22. The number of hydrogen-bond donors (Lipinski definition) is 0. The van der Waals surface area contributed by atoms with Crippen molar-refractivity contribution in [3.8, 4) is 0 Å². The maximum atomic E-state index is 2.37. The summed E-state index contributed by atoms with van der Waals surface area (Å²) in [5.41, 5.74) is 0. The lowest BCUT2D eigenvalue weighted by Gasteiger charge is -2.17. The van der Waals surface area contributed by atoms with Gasteiger partial charge in [-0.05, 0) is 24.2 Å². The predicted molar refractivity (Wildman–Crippen MR) is 41.2 cm³/mol. The molecule has 0 heteroatoms. The fourth-order valence-corrected chi connectivity index (χ4v) is 1.68. The highest BCUT2D eigenvalue weighted by Crippen LogP contribution is 2.30. The molecule has 0 aromatic rings. The van der Waals surface area contributed by atoms with E-state index in [4.69, 9.17) is 0 Å². The zero-order valence-electron chi connectivity index (χ0n) is 6.59. The first-order valence-corrected chi connectivity index (χ1v) is 3.88. The summed E-state index contributed by atoms with van der Waals surface area (Å²) < 4.78 is 0. The van der Waals surface area contributed by atoms with Crippen molar-refractivity contribution in [3.63, 3.8) is 0 Å². The van der Waals surface area contributed by atoms with E-state index in [0.717, 1.165) is 17.8 Å². The van der Waals surface area contributed by atoms with Crippen molar-refractivity contribution in [1.29, 1.82) is 0 Å². The van der Waals surface area contributed by atoms with Crippen molar-refractivity contribution in [1.82, 2.24) is 0 Å². The Balaban J connectivity index is 2.49. The van der Waals surface area contributed by atoms with Crippen molar-refractivity contribution in [2.24, 2.45) is 17.8 Å². The van der Waals surface area contributed by atoms with Gasteiger partial charge in [-0.15, -0.1) is 0 Å². The Kier molecular flexibility index (Phi) is 1.94. The topological polar surface area (TPSA) is 0 Å². The van der Waals surface area contributed by atoms with Gasteiger partial charge in [-0.3, -0.25) is 0 Å². The highest BCUT2D eigenvalue weighted by atomic mass is 14.3. The lowest BCUT2D eigenvalue weighted by Crippen LogP contribution is -2.10. The minimum Gasteiger partial charge on any atom is -0.0880 e. The van der Waals surface area contributed by atoms with Crippen LogP contribution in [0.15, 0.2) is 12.2 Å². The molecule has 2 unspecified atom stereocenters. The summed E-state index contributed by atoms with van der Waals surface area (Å²) >= 11 is 0. The molecule has 1 rings (SSSR count).